The maximum absolute atomic E-state index is 13.4. The Morgan fingerprint density at radius 1 is 1.27 bits per heavy atom. The summed E-state index contributed by atoms with van der Waals surface area (Å²) >= 11 is 3.06. The molecule has 0 aliphatic carbocycles. The summed E-state index contributed by atoms with van der Waals surface area (Å²) in [6.07, 6.45) is 1.30. The van der Waals surface area contributed by atoms with Crippen LogP contribution in [-0.4, -0.2) is 42.4 Å². The van der Waals surface area contributed by atoms with E-state index in [1.807, 2.05) is 0 Å². The first-order valence-corrected chi connectivity index (χ1v) is 9.72. The molecule has 2 aromatic heterocycles. The van der Waals surface area contributed by atoms with Crippen LogP contribution in [0.4, 0.5) is 15.9 Å². The molecular formula is C18H11BrFN9O4. The second-order valence-corrected chi connectivity index (χ2v) is 7.20. The van der Waals surface area contributed by atoms with Gasteiger partial charge in [0.1, 0.15) is 11.5 Å². The molecule has 0 saturated carbocycles. The largest absolute Gasteiger partial charge is 0.378 e. The molecule has 0 unspecified atom stereocenters. The molecule has 13 nitrogen and oxygen atoms in total. The van der Waals surface area contributed by atoms with Crippen molar-refractivity contribution in [2.24, 2.45) is 5.10 Å². The number of nitrogens with two attached hydrogens (primary N) is 1. The molecular weight excluding hydrogens is 505 g/mol. The maximum atomic E-state index is 13.4. The van der Waals surface area contributed by atoms with E-state index in [1.54, 1.807) is 0 Å². The van der Waals surface area contributed by atoms with Crippen LogP contribution in [0.2, 0.25) is 0 Å². The maximum Gasteiger partial charge on any atom is 0.294 e. The number of nitro groups is 1. The van der Waals surface area contributed by atoms with E-state index in [2.05, 4.69) is 51.7 Å². The number of carbonyl (C=O) groups is 1. The van der Waals surface area contributed by atoms with Crippen LogP contribution in [0, 0.1) is 15.9 Å². The minimum absolute atomic E-state index is 0.0328. The number of hydrogen-bond acceptors (Lipinski definition) is 10. The Kier molecular flexibility index (Phi) is 5.86. The average Bonchev–Trinajstić information content (AvgIpc) is 3.42. The Morgan fingerprint density at radius 3 is 2.67 bits per heavy atom. The van der Waals surface area contributed by atoms with Crippen molar-refractivity contribution in [2.75, 3.05) is 5.73 Å². The number of nitrogens with zero attached hydrogens (tertiary/aromatic N) is 7. The Labute approximate surface area is 191 Å². The van der Waals surface area contributed by atoms with Gasteiger partial charge in [-0.15, -0.1) is 5.10 Å². The molecule has 0 spiro atoms. The van der Waals surface area contributed by atoms with Crippen molar-refractivity contribution in [1.29, 1.82) is 0 Å². The zero-order valence-corrected chi connectivity index (χ0v) is 17.8. The van der Waals surface area contributed by atoms with Gasteiger partial charge in [0.05, 0.1) is 15.6 Å². The molecule has 166 valence electrons. The minimum atomic E-state index is -0.748. The lowest BCUT2D eigenvalue weighted by Crippen LogP contribution is -2.19. The number of halogens is 2. The molecule has 0 aliphatic heterocycles. The summed E-state index contributed by atoms with van der Waals surface area (Å²) in [6, 6.07) is 9.51. The molecule has 4 aromatic rings. The molecule has 0 fully saturated rings. The van der Waals surface area contributed by atoms with Crippen molar-refractivity contribution < 1.29 is 18.7 Å². The fraction of sp³-hybridized carbons (Fsp3) is 0. The second kappa shape index (κ2) is 8.91. The topological polar surface area (TPSA) is 180 Å². The van der Waals surface area contributed by atoms with Gasteiger partial charge in [-0.05, 0) is 56.1 Å². The van der Waals surface area contributed by atoms with Crippen molar-refractivity contribution in [3.63, 3.8) is 0 Å². The summed E-state index contributed by atoms with van der Waals surface area (Å²) < 4.78 is 19.3. The SMILES string of the molecule is Nc1nonc1-n1nnc(C(=O)N/N=C/c2ccc(F)c(Br)c2)c1-c1ccc([N+](=O)[O-])cc1. The zero-order valence-electron chi connectivity index (χ0n) is 16.2. The van der Waals surface area contributed by atoms with Crippen molar-refractivity contribution in [2.45, 2.75) is 0 Å². The Bertz CT molecular complexity index is 1380. The van der Waals surface area contributed by atoms with Crippen LogP contribution in [0.1, 0.15) is 16.1 Å². The first kappa shape index (κ1) is 21.7. The van der Waals surface area contributed by atoms with Gasteiger partial charge in [0.25, 0.3) is 11.6 Å². The Balaban J connectivity index is 1.68. The second-order valence-electron chi connectivity index (χ2n) is 6.35. The molecule has 0 aliphatic rings. The molecule has 1 amide bonds. The highest BCUT2D eigenvalue weighted by Gasteiger charge is 2.25. The van der Waals surface area contributed by atoms with Crippen LogP contribution in [-0.2, 0) is 0 Å². The highest BCUT2D eigenvalue weighted by molar-refractivity contribution is 9.10. The average molecular weight is 516 g/mol. The third-order valence-electron chi connectivity index (χ3n) is 4.26. The van der Waals surface area contributed by atoms with Gasteiger partial charge in [-0.3, -0.25) is 14.9 Å². The predicted molar refractivity (Wildman–Crippen MR) is 115 cm³/mol. The van der Waals surface area contributed by atoms with E-state index in [4.69, 9.17) is 5.73 Å². The fourth-order valence-electron chi connectivity index (χ4n) is 2.73. The minimum Gasteiger partial charge on any atom is -0.378 e. The number of benzene rings is 2. The number of non-ortho nitro benzene ring substituents is 1. The lowest BCUT2D eigenvalue weighted by atomic mass is 10.1. The third kappa shape index (κ3) is 4.42. The van der Waals surface area contributed by atoms with Crippen LogP contribution in [0.25, 0.3) is 17.1 Å². The van der Waals surface area contributed by atoms with Crippen molar-refractivity contribution in [3.8, 4) is 17.1 Å². The van der Waals surface area contributed by atoms with E-state index in [0.29, 0.717) is 11.1 Å². The van der Waals surface area contributed by atoms with Gasteiger partial charge in [0.2, 0.25) is 11.6 Å². The van der Waals surface area contributed by atoms with Crippen molar-refractivity contribution in [3.05, 3.63) is 74.1 Å². The lowest BCUT2D eigenvalue weighted by Gasteiger charge is -2.05. The lowest BCUT2D eigenvalue weighted by molar-refractivity contribution is -0.384. The van der Waals surface area contributed by atoms with Gasteiger partial charge in [-0.2, -0.15) is 9.78 Å². The monoisotopic (exact) mass is 515 g/mol. The number of rotatable bonds is 6. The van der Waals surface area contributed by atoms with E-state index in [1.165, 1.54) is 48.7 Å². The number of nitrogens with one attached hydrogen (secondary N) is 1. The Hall–Kier alpha value is -4.53. The van der Waals surface area contributed by atoms with Crippen LogP contribution < -0.4 is 11.2 Å². The van der Waals surface area contributed by atoms with Crippen LogP contribution in [0.3, 0.4) is 0 Å². The summed E-state index contributed by atoms with van der Waals surface area (Å²) in [7, 11) is 0. The number of anilines is 1. The van der Waals surface area contributed by atoms with Gasteiger partial charge in [-0.25, -0.2) is 14.4 Å². The molecule has 0 bridgehead atoms. The van der Waals surface area contributed by atoms with Crippen LogP contribution in [0.15, 0.2) is 56.7 Å². The molecule has 33 heavy (non-hydrogen) atoms. The Morgan fingerprint density at radius 2 is 2.03 bits per heavy atom. The van der Waals surface area contributed by atoms with Crippen molar-refractivity contribution >= 4 is 39.6 Å². The smallest absolute Gasteiger partial charge is 0.294 e. The predicted octanol–water partition coefficient (Wildman–Crippen LogP) is 2.47. The highest BCUT2D eigenvalue weighted by atomic mass is 79.9. The molecule has 4 rings (SSSR count). The quantitative estimate of drug-likeness (QED) is 0.221. The van der Waals surface area contributed by atoms with E-state index in [0.717, 1.165) is 4.68 Å². The number of carbonyl (C=O) groups excluding carboxylic acids is 1. The summed E-state index contributed by atoms with van der Waals surface area (Å²) in [5.41, 5.74) is 8.69. The molecule has 3 N–H and O–H groups in total. The van der Waals surface area contributed by atoms with Gasteiger partial charge >= 0.3 is 0 Å². The standard InChI is InChI=1S/C18H11BrFN9O4/c19-12-7-9(1-6-13(12)20)8-22-24-18(30)14-15(10-2-4-11(5-3-10)29(31)32)28(27-23-14)17-16(21)25-33-26-17/h1-8H,(H2,21,25)(H,24,30)/b22-8+. The number of nitrogen functional groups attached to an aromatic ring is 1. The van der Waals surface area contributed by atoms with E-state index in [-0.39, 0.29) is 33.2 Å². The molecule has 0 radical (unpaired) electrons. The summed E-state index contributed by atoms with van der Waals surface area (Å²) in [4.78, 5) is 23.2. The number of hydrogen-bond donors (Lipinski definition) is 2. The normalized spacial score (nSPS) is 11.1. The first-order chi connectivity index (χ1) is 15.8. The molecule has 15 heteroatoms. The number of amides is 1. The van der Waals surface area contributed by atoms with Gasteiger partial charge in [0, 0.05) is 17.7 Å². The summed E-state index contributed by atoms with van der Waals surface area (Å²) in [5.74, 6) is -1.34. The van der Waals surface area contributed by atoms with E-state index in [9.17, 15) is 19.3 Å². The number of nitro benzene ring substituents is 1. The zero-order chi connectivity index (χ0) is 23.5. The van der Waals surface area contributed by atoms with Gasteiger partial charge in [-0.1, -0.05) is 11.3 Å². The molecule has 2 aromatic carbocycles. The van der Waals surface area contributed by atoms with Crippen LogP contribution >= 0.6 is 15.9 Å². The molecule has 2 heterocycles. The van der Waals surface area contributed by atoms with E-state index < -0.39 is 16.6 Å². The fourth-order valence-corrected chi connectivity index (χ4v) is 3.13. The number of aromatic nitrogens is 5. The summed E-state index contributed by atoms with van der Waals surface area (Å²) in [6.45, 7) is 0. The van der Waals surface area contributed by atoms with Gasteiger partial charge in [0.15, 0.2) is 5.69 Å². The van der Waals surface area contributed by atoms with E-state index >= 15 is 0 Å². The third-order valence-corrected chi connectivity index (χ3v) is 4.86. The van der Waals surface area contributed by atoms with Crippen LogP contribution in [0.5, 0.6) is 0 Å². The summed E-state index contributed by atoms with van der Waals surface area (Å²) in [5, 5.41) is 29.7. The molecule has 0 atom stereocenters. The van der Waals surface area contributed by atoms with Crippen molar-refractivity contribution in [1.82, 2.24) is 30.7 Å². The number of hydrazone groups is 1. The molecule has 0 saturated heterocycles. The highest BCUT2D eigenvalue weighted by Crippen LogP contribution is 2.28. The van der Waals surface area contributed by atoms with Gasteiger partial charge < -0.3 is 5.73 Å². The first-order valence-electron chi connectivity index (χ1n) is 8.92.